The molecule has 2 aromatic carbocycles. The van der Waals surface area contributed by atoms with Gasteiger partial charge in [0.2, 0.25) is 0 Å². The third kappa shape index (κ3) is 7.95. The SMILES string of the molecule is [2H]C([2H])([2H])Oc1ccc(C([2H])(CN(C)C)C2(O)C([2H])([2H])C([2H])([2H])C([2H])([2H])C([2H])([2H])C2([2H])[2H])cc1.[2H]C([2H])([2H])Oc1ccc(C([2H])(CN)C2(O)C([2H])([2H])C([2H])([2H])C([2H])([2H])C([2H])([2H])C2([2H])[2H])cc1. The van der Waals surface area contributed by atoms with E-state index in [4.69, 9.17) is 48.9 Å². The monoisotopic (exact) mass is 555 g/mol. The van der Waals surface area contributed by atoms with E-state index < -0.39 is 119 Å². The van der Waals surface area contributed by atoms with Crippen molar-refractivity contribution in [3.63, 3.8) is 0 Å². The second kappa shape index (κ2) is 14.3. The number of nitrogens with zero attached hydrogens (tertiary/aromatic N) is 1. The minimum Gasteiger partial charge on any atom is -0.497 e. The van der Waals surface area contributed by atoms with Crippen LogP contribution in [-0.4, -0.2) is 67.6 Å². The maximum atomic E-state index is 11.8. The number of nitrogens with two attached hydrogens (primary N) is 1. The van der Waals surface area contributed by atoms with Crippen molar-refractivity contribution in [3.05, 3.63) is 59.7 Å². The van der Waals surface area contributed by atoms with Crippen molar-refractivity contribution in [2.45, 2.75) is 86.7 Å². The van der Waals surface area contributed by atoms with Crippen LogP contribution in [0.3, 0.4) is 0 Å². The lowest BCUT2D eigenvalue weighted by molar-refractivity contribution is -0.0277. The summed E-state index contributed by atoms with van der Waals surface area (Å²) < 4.78 is 233. The molecule has 212 valence electrons. The minimum absolute atomic E-state index is 0.181. The predicted octanol–water partition coefficient (Wildman–Crippen LogP) is 5.47. The smallest absolute Gasteiger partial charge is 0.118 e. The first-order valence-electron chi connectivity index (χ1n) is 25.2. The summed E-state index contributed by atoms with van der Waals surface area (Å²) in [7, 11) is -2.80. The molecule has 2 atom stereocenters. The van der Waals surface area contributed by atoms with Gasteiger partial charge in [-0.15, -0.1) is 0 Å². The number of methoxy groups -OCH3 is 2. The predicted molar refractivity (Wildman–Crippen MR) is 155 cm³/mol. The molecule has 0 radical (unpaired) electrons. The summed E-state index contributed by atoms with van der Waals surface area (Å²) in [6.45, 7) is -1.67. The Labute approximate surface area is 269 Å². The van der Waals surface area contributed by atoms with E-state index in [1.807, 2.05) is 0 Å². The Balaban J connectivity index is 0.000000351. The number of ether oxygens (including phenoxy) is 2. The molecule has 0 bridgehead atoms. The van der Waals surface area contributed by atoms with Gasteiger partial charge in [-0.25, -0.2) is 0 Å². The molecule has 2 aromatic rings. The van der Waals surface area contributed by atoms with E-state index in [-0.39, 0.29) is 17.1 Å². The summed E-state index contributed by atoms with van der Waals surface area (Å²) >= 11 is 0. The second-order valence-electron chi connectivity index (χ2n) is 8.32. The quantitative estimate of drug-likeness (QED) is 0.381. The zero-order chi connectivity index (χ0) is 52.4. The average Bonchev–Trinajstić information content (AvgIpc) is 3.14. The van der Waals surface area contributed by atoms with Crippen LogP contribution in [0.25, 0.3) is 0 Å². The Hall–Kier alpha value is -2.12. The highest BCUT2D eigenvalue weighted by Crippen LogP contribution is 2.41. The van der Waals surface area contributed by atoms with Crippen LogP contribution in [0.1, 0.15) is 125 Å². The van der Waals surface area contributed by atoms with Crippen LogP contribution in [0.2, 0.25) is 0 Å². The number of benzene rings is 2. The van der Waals surface area contributed by atoms with Crippen molar-refractivity contribution in [2.24, 2.45) is 5.73 Å². The van der Waals surface area contributed by atoms with Crippen LogP contribution in [0.5, 0.6) is 11.5 Å². The van der Waals surface area contributed by atoms with Gasteiger partial charge in [0.1, 0.15) is 11.5 Å². The van der Waals surface area contributed by atoms with E-state index in [1.54, 1.807) is 0 Å². The standard InChI is InChI=1S/C17H27NO2.C15H23NO2/c1-18(2)13-16(17(19)11-5-4-6-12-17)14-7-9-15(20-3)10-8-14;1-18-13-7-5-12(6-8-13)14(11-16)15(17)9-3-2-4-10-15/h7-10,16,19H,4-6,11-13H2,1-3H3;5-8,14,17H,2-4,9-11,16H2,1H3/i3D3,4D2,5D2,6D2,11D2,12D2,16D;1D3,2D2,3D2,4D2,9D2,10D2,14D. The third-order valence-corrected chi connectivity index (χ3v) is 5.42. The van der Waals surface area contributed by atoms with Gasteiger partial charge in [-0.2, -0.15) is 0 Å². The normalized spacial score (nSPS) is 46.6. The highest BCUT2D eigenvalue weighted by Gasteiger charge is 2.39. The molecule has 38 heavy (non-hydrogen) atoms. The first-order chi connectivity index (χ1) is 28.8. The molecule has 2 aliphatic carbocycles. The number of hydrogen-bond acceptors (Lipinski definition) is 6. The summed E-state index contributed by atoms with van der Waals surface area (Å²) in [5, 5.41) is 23.2. The summed E-state index contributed by atoms with van der Waals surface area (Å²) in [5.74, 6) is -6.16. The molecular formula is C32H50N2O4. The average molecular weight is 555 g/mol. The highest BCUT2D eigenvalue weighted by atomic mass is 16.5. The van der Waals surface area contributed by atoms with Crippen LogP contribution in [0.4, 0.5) is 0 Å². The van der Waals surface area contributed by atoms with E-state index in [1.165, 1.54) is 19.0 Å². The van der Waals surface area contributed by atoms with E-state index in [2.05, 4.69) is 4.74 Å². The molecule has 4 N–H and O–H groups in total. The molecule has 0 heterocycles. The Kier molecular flexibility index (Phi) is 3.79. The number of likely N-dealkylation sites (N-methyl/N-ethyl adjacent to an activating group) is 1. The van der Waals surface area contributed by atoms with Crippen molar-refractivity contribution in [2.75, 3.05) is 41.3 Å². The number of aliphatic hydroxyl groups is 2. The fourth-order valence-electron chi connectivity index (χ4n) is 3.57. The molecule has 0 aliphatic heterocycles. The largest absolute Gasteiger partial charge is 0.497 e. The van der Waals surface area contributed by atoms with Gasteiger partial charge in [0.25, 0.3) is 0 Å². The van der Waals surface area contributed by atoms with E-state index in [0.29, 0.717) is 0 Å². The molecule has 2 fully saturated rings. The molecule has 4 rings (SSSR count). The summed E-state index contributed by atoms with van der Waals surface area (Å²) in [6.07, 6.45) is -38.1. The summed E-state index contributed by atoms with van der Waals surface area (Å²) in [4.78, 5) is 1.28. The molecular weight excluding hydrogens is 476 g/mol. The van der Waals surface area contributed by atoms with Crippen LogP contribution in [0, 0.1) is 0 Å². The number of rotatable bonds is 9. The second-order valence-corrected chi connectivity index (χ2v) is 8.32. The van der Waals surface area contributed by atoms with Gasteiger partial charge in [-0.05, 0) is 75.0 Å². The first-order valence-corrected chi connectivity index (χ1v) is 11.2. The van der Waals surface area contributed by atoms with Crippen molar-refractivity contribution in [1.29, 1.82) is 0 Å². The van der Waals surface area contributed by atoms with Gasteiger partial charge in [-0.3, -0.25) is 0 Å². The molecule has 6 heteroatoms. The molecule has 2 aliphatic rings. The van der Waals surface area contributed by atoms with Gasteiger partial charge in [0.05, 0.1) is 33.5 Å². The first kappa shape index (κ1) is 10.1. The maximum absolute atomic E-state index is 11.8. The lowest BCUT2D eigenvalue weighted by atomic mass is 9.72. The van der Waals surface area contributed by atoms with E-state index in [0.717, 1.165) is 48.5 Å². The van der Waals surface area contributed by atoms with Crippen molar-refractivity contribution in [1.82, 2.24) is 4.90 Å². The lowest BCUT2D eigenvalue weighted by Gasteiger charge is -2.40. The van der Waals surface area contributed by atoms with Crippen molar-refractivity contribution < 1.29 is 58.1 Å². The summed E-state index contributed by atoms with van der Waals surface area (Å²) in [6, 6.07) is 8.33. The van der Waals surface area contributed by atoms with Crippen LogP contribution >= 0.6 is 0 Å². The Bertz CT molecular complexity index is 2010. The third-order valence-electron chi connectivity index (χ3n) is 5.42. The van der Waals surface area contributed by atoms with Crippen LogP contribution in [0.15, 0.2) is 48.5 Å². The van der Waals surface area contributed by atoms with E-state index in [9.17, 15) is 10.2 Å². The molecule has 0 aromatic heterocycles. The Morgan fingerprint density at radius 1 is 0.789 bits per heavy atom. The van der Waals surface area contributed by atoms with Gasteiger partial charge < -0.3 is 30.3 Å². The number of hydrogen-bond donors (Lipinski definition) is 3. The fraction of sp³-hybridized carbons (Fsp3) is 0.625. The minimum atomic E-state index is -3.87. The Morgan fingerprint density at radius 3 is 1.55 bits per heavy atom. The molecule has 2 unspecified atom stereocenters. The molecule has 0 amide bonds. The van der Waals surface area contributed by atoms with Crippen LogP contribution in [-0.2, 0) is 0 Å². The maximum Gasteiger partial charge on any atom is 0.118 e. The lowest BCUT2D eigenvalue weighted by Crippen LogP contribution is -2.42. The molecule has 2 saturated carbocycles. The van der Waals surface area contributed by atoms with Gasteiger partial charge in [0, 0.05) is 55.0 Å². The van der Waals surface area contributed by atoms with Crippen molar-refractivity contribution >= 4 is 0 Å². The molecule has 0 saturated heterocycles. The van der Waals surface area contributed by atoms with Crippen LogP contribution < -0.4 is 15.2 Å². The topological polar surface area (TPSA) is 88.2 Å². The van der Waals surface area contributed by atoms with Gasteiger partial charge in [-0.1, -0.05) is 62.5 Å². The van der Waals surface area contributed by atoms with Crippen molar-refractivity contribution in [3.8, 4) is 11.5 Å². The fourth-order valence-corrected chi connectivity index (χ4v) is 3.57. The Morgan fingerprint density at radius 2 is 1.18 bits per heavy atom. The zero-order valence-corrected chi connectivity index (χ0v) is 20.8. The van der Waals surface area contributed by atoms with Gasteiger partial charge >= 0.3 is 0 Å². The zero-order valence-electron chi connectivity index (χ0n) is 48.8. The highest BCUT2D eigenvalue weighted by molar-refractivity contribution is 5.32. The molecule has 6 nitrogen and oxygen atoms in total. The van der Waals surface area contributed by atoms with E-state index >= 15 is 0 Å². The van der Waals surface area contributed by atoms with Gasteiger partial charge in [0.15, 0.2) is 0 Å². The summed E-state index contributed by atoms with van der Waals surface area (Å²) in [5.41, 5.74) is -2.71. The molecule has 0 spiro atoms.